The molecule has 0 aliphatic carbocycles. The van der Waals surface area contributed by atoms with Crippen LogP contribution < -0.4 is 5.43 Å². The Labute approximate surface area is 122 Å². The van der Waals surface area contributed by atoms with Crippen LogP contribution in [0, 0.1) is 0 Å². The van der Waals surface area contributed by atoms with Crippen LogP contribution in [0.1, 0.15) is 16.1 Å². The van der Waals surface area contributed by atoms with E-state index in [1.165, 1.54) is 12.3 Å². The molecule has 2 N–H and O–H groups in total. The molecule has 0 atom stereocenters. The Balaban J connectivity index is 1.92. The largest absolute Gasteiger partial charge is 0.478 e. The normalized spacial score (nSPS) is 17.0. The fourth-order valence-corrected chi connectivity index (χ4v) is 1.92. The maximum atomic E-state index is 12.0. The first-order chi connectivity index (χ1) is 10.0. The molecule has 112 valence electrons. The molecule has 2 rings (SSSR count). The third kappa shape index (κ3) is 4.66. The highest BCUT2D eigenvalue weighted by Crippen LogP contribution is 2.04. The predicted molar refractivity (Wildman–Crippen MR) is 77.4 cm³/mol. The summed E-state index contributed by atoms with van der Waals surface area (Å²) in [6.45, 7) is 3.38. The first-order valence-corrected chi connectivity index (χ1v) is 6.66. The summed E-state index contributed by atoms with van der Waals surface area (Å²) >= 11 is 0. The van der Waals surface area contributed by atoms with Gasteiger partial charge in [-0.25, -0.2) is 9.80 Å². The van der Waals surface area contributed by atoms with Gasteiger partial charge < -0.3 is 10.0 Å². The third-order valence-corrected chi connectivity index (χ3v) is 3.20. The molecule has 0 radical (unpaired) electrons. The predicted octanol–water partition coefficient (Wildman–Crippen LogP) is 0.0716. The van der Waals surface area contributed by atoms with Gasteiger partial charge in [-0.15, -0.1) is 0 Å². The van der Waals surface area contributed by atoms with Gasteiger partial charge in [0.15, 0.2) is 0 Å². The van der Waals surface area contributed by atoms with Gasteiger partial charge in [-0.3, -0.25) is 15.2 Å². The van der Waals surface area contributed by atoms with E-state index in [-0.39, 0.29) is 5.91 Å². The van der Waals surface area contributed by atoms with Crippen LogP contribution in [0.4, 0.5) is 0 Å². The molecule has 0 unspecified atom stereocenters. The van der Waals surface area contributed by atoms with Gasteiger partial charge in [0, 0.05) is 38.5 Å². The lowest BCUT2D eigenvalue weighted by molar-refractivity contribution is -0.131. The minimum Gasteiger partial charge on any atom is -0.478 e. The number of rotatable bonds is 4. The monoisotopic (exact) mass is 290 g/mol. The molecule has 0 saturated carbocycles. The van der Waals surface area contributed by atoms with Crippen molar-refractivity contribution in [1.82, 2.24) is 20.3 Å². The van der Waals surface area contributed by atoms with Crippen molar-refractivity contribution in [3.05, 3.63) is 35.7 Å². The van der Waals surface area contributed by atoms with Crippen LogP contribution in [0.5, 0.6) is 0 Å². The lowest BCUT2D eigenvalue weighted by atomic mass is 10.2. The molecule has 1 aliphatic heterocycles. The number of nitrogens with one attached hydrogen (secondary N) is 1. The summed E-state index contributed by atoms with van der Waals surface area (Å²) in [4.78, 5) is 28.7. The Morgan fingerprint density at radius 2 is 2.00 bits per heavy atom. The molecule has 1 fully saturated rings. The molecule has 1 aliphatic rings. The average molecular weight is 290 g/mol. The fourth-order valence-electron chi connectivity index (χ4n) is 1.92. The Bertz CT molecular complexity index is 534. The van der Waals surface area contributed by atoms with Crippen LogP contribution in [0.2, 0.25) is 0 Å². The summed E-state index contributed by atoms with van der Waals surface area (Å²) in [6, 6.07) is 3.23. The van der Waals surface area contributed by atoms with Crippen molar-refractivity contribution in [2.45, 2.75) is 0 Å². The van der Waals surface area contributed by atoms with Crippen molar-refractivity contribution in [2.24, 2.45) is 0 Å². The molecule has 1 aromatic rings. The van der Waals surface area contributed by atoms with E-state index in [1.54, 1.807) is 12.1 Å². The number of piperazine rings is 1. The Morgan fingerprint density at radius 3 is 2.57 bits per heavy atom. The number of aromatic nitrogens is 1. The SMILES string of the molecule is CN1CCN(NC(=O)c2ccc(/C=C/C(=O)O)cn2)CC1. The van der Waals surface area contributed by atoms with Crippen molar-refractivity contribution < 1.29 is 14.7 Å². The van der Waals surface area contributed by atoms with Crippen LogP contribution >= 0.6 is 0 Å². The van der Waals surface area contributed by atoms with Gasteiger partial charge in [0.2, 0.25) is 0 Å². The highest BCUT2D eigenvalue weighted by molar-refractivity contribution is 5.92. The zero-order chi connectivity index (χ0) is 15.2. The number of likely N-dealkylation sites (N-methyl/N-ethyl adjacent to an activating group) is 1. The summed E-state index contributed by atoms with van der Waals surface area (Å²) in [5, 5.41) is 10.4. The van der Waals surface area contributed by atoms with Gasteiger partial charge in [-0.2, -0.15) is 0 Å². The van der Waals surface area contributed by atoms with Crippen molar-refractivity contribution >= 4 is 18.0 Å². The summed E-state index contributed by atoms with van der Waals surface area (Å²) in [5.74, 6) is -1.28. The first kappa shape index (κ1) is 15.1. The zero-order valence-corrected chi connectivity index (χ0v) is 11.8. The summed E-state index contributed by atoms with van der Waals surface area (Å²) in [7, 11) is 2.05. The second kappa shape index (κ2) is 6.96. The number of carbonyl (C=O) groups is 2. The van der Waals surface area contributed by atoms with Crippen LogP contribution in [0.3, 0.4) is 0 Å². The molecule has 1 amide bonds. The second-order valence-corrected chi connectivity index (χ2v) is 4.88. The number of hydrogen-bond donors (Lipinski definition) is 2. The van der Waals surface area contributed by atoms with Crippen molar-refractivity contribution in [1.29, 1.82) is 0 Å². The van der Waals surface area contributed by atoms with Gasteiger partial charge in [-0.05, 0) is 24.8 Å². The molecule has 1 saturated heterocycles. The molecule has 0 spiro atoms. The maximum Gasteiger partial charge on any atom is 0.328 e. The molecule has 0 bridgehead atoms. The number of carbonyl (C=O) groups excluding carboxylic acids is 1. The smallest absolute Gasteiger partial charge is 0.328 e. The van der Waals surface area contributed by atoms with E-state index in [2.05, 4.69) is 15.3 Å². The van der Waals surface area contributed by atoms with Crippen LogP contribution in [0.15, 0.2) is 24.4 Å². The molecular weight excluding hydrogens is 272 g/mol. The van der Waals surface area contributed by atoms with Gasteiger partial charge in [0.05, 0.1) is 0 Å². The van der Waals surface area contributed by atoms with Crippen molar-refractivity contribution in [3.8, 4) is 0 Å². The maximum absolute atomic E-state index is 12.0. The average Bonchev–Trinajstić information content (AvgIpc) is 2.48. The molecular formula is C14H18N4O3. The molecule has 7 nitrogen and oxygen atoms in total. The van der Waals surface area contributed by atoms with Crippen molar-refractivity contribution in [3.63, 3.8) is 0 Å². The van der Waals surface area contributed by atoms with Crippen molar-refractivity contribution in [2.75, 3.05) is 33.2 Å². The van der Waals surface area contributed by atoms with Gasteiger partial charge in [0.25, 0.3) is 5.91 Å². The highest BCUT2D eigenvalue weighted by atomic mass is 16.4. The molecule has 7 heteroatoms. The lowest BCUT2D eigenvalue weighted by Gasteiger charge is -2.32. The number of aliphatic carboxylic acids is 1. The summed E-state index contributed by atoms with van der Waals surface area (Å²) in [6.07, 6.45) is 3.93. The van der Waals surface area contributed by atoms with Gasteiger partial charge >= 0.3 is 5.97 Å². The molecule has 21 heavy (non-hydrogen) atoms. The highest BCUT2D eigenvalue weighted by Gasteiger charge is 2.16. The minimum absolute atomic E-state index is 0.256. The topological polar surface area (TPSA) is 85.8 Å². The number of pyridine rings is 1. The molecule has 2 heterocycles. The lowest BCUT2D eigenvalue weighted by Crippen LogP contribution is -2.52. The van der Waals surface area contributed by atoms with E-state index in [4.69, 9.17) is 5.11 Å². The van der Waals surface area contributed by atoms with E-state index in [0.717, 1.165) is 32.3 Å². The van der Waals surface area contributed by atoms with E-state index >= 15 is 0 Å². The number of nitrogens with zero attached hydrogens (tertiary/aromatic N) is 3. The number of carboxylic acids is 1. The number of amides is 1. The molecule has 0 aromatic carbocycles. The number of hydrazine groups is 1. The Kier molecular flexibility index (Phi) is 5.02. The molecule has 1 aromatic heterocycles. The van der Waals surface area contributed by atoms with E-state index in [9.17, 15) is 9.59 Å². The van der Waals surface area contributed by atoms with E-state index in [1.807, 2.05) is 12.1 Å². The van der Waals surface area contributed by atoms with E-state index < -0.39 is 5.97 Å². The van der Waals surface area contributed by atoms with E-state index in [0.29, 0.717) is 11.3 Å². The first-order valence-electron chi connectivity index (χ1n) is 6.66. The summed E-state index contributed by atoms with van der Waals surface area (Å²) < 4.78 is 0. The zero-order valence-electron chi connectivity index (χ0n) is 11.8. The standard InChI is InChI=1S/C14H18N4O3/c1-17-6-8-18(9-7-17)16-14(21)12-4-2-11(10-15-12)3-5-13(19)20/h2-5,10H,6-9H2,1H3,(H,16,21)(H,19,20)/b5-3+. The number of hydrogen-bond acceptors (Lipinski definition) is 5. The Hall–Kier alpha value is -2.25. The van der Waals surface area contributed by atoms with Crippen LogP contribution in [-0.2, 0) is 4.79 Å². The minimum atomic E-state index is -1.02. The fraction of sp³-hybridized carbons (Fsp3) is 0.357. The summed E-state index contributed by atoms with van der Waals surface area (Å²) in [5.41, 5.74) is 3.76. The van der Waals surface area contributed by atoms with Crippen LogP contribution in [0.25, 0.3) is 6.08 Å². The quantitative estimate of drug-likeness (QED) is 0.763. The number of carboxylic acid groups (broad SMARTS) is 1. The van der Waals surface area contributed by atoms with Crippen LogP contribution in [-0.4, -0.2) is 65.1 Å². The Morgan fingerprint density at radius 1 is 1.29 bits per heavy atom. The second-order valence-electron chi connectivity index (χ2n) is 4.88. The van der Waals surface area contributed by atoms with Gasteiger partial charge in [-0.1, -0.05) is 6.07 Å². The van der Waals surface area contributed by atoms with Gasteiger partial charge in [0.1, 0.15) is 5.69 Å². The third-order valence-electron chi connectivity index (χ3n) is 3.20.